The van der Waals surface area contributed by atoms with E-state index in [2.05, 4.69) is 10.3 Å². The number of nitrogens with one attached hydrogen (secondary N) is 1. The second kappa shape index (κ2) is 10.5. The highest BCUT2D eigenvalue weighted by Crippen LogP contribution is 2.17. The highest BCUT2D eigenvalue weighted by atomic mass is 32.2. The molecule has 1 aromatic heterocycles. The van der Waals surface area contributed by atoms with Crippen molar-refractivity contribution in [2.45, 2.75) is 12.7 Å². The maximum absolute atomic E-state index is 12.3. The van der Waals surface area contributed by atoms with E-state index >= 15 is 0 Å². The van der Waals surface area contributed by atoms with E-state index in [1.165, 1.54) is 11.8 Å². The van der Waals surface area contributed by atoms with Crippen molar-refractivity contribution >= 4 is 29.3 Å². The standard InChI is InChI=1S/C19H23N3O3S/c1-3-22(19(24)14-26-13-15-6-5-9-20-11-15)12-18(23)21-16-7-4-8-17(10-16)25-2/h4-11H,3,12-14H2,1-2H3,(H,21,23). The summed E-state index contributed by atoms with van der Waals surface area (Å²) in [4.78, 5) is 30.2. The number of anilines is 1. The first-order valence-corrected chi connectivity index (χ1v) is 9.46. The van der Waals surface area contributed by atoms with Crippen molar-refractivity contribution < 1.29 is 14.3 Å². The second-order valence-corrected chi connectivity index (χ2v) is 6.53. The number of likely N-dealkylation sites (N-methyl/N-ethyl adjacent to an activating group) is 1. The number of thioether (sulfide) groups is 1. The van der Waals surface area contributed by atoms with E-state index in [0.29, 0.717) is 29.5 Å². The van der Waals surface area contributed by atoms with E-state index < -0.39 is 0 Å². The molecule has 1 aromatic carbocycles. The van der Waals surface area contributed by atoms with Gasteiger partial charge in [0, 0.05) is 36.4 Å². The molecule has 0 saturated carbocycles. The number of hydrogen-bond donors (Lipinski definition) is 1. The number of benzene rings is 1. The molecule has 2 aromatic rings. The van der Waals surface area contributed by atoms with Gasteiger partial charge in [0.1, 0.15) is 5.75 Å². The van der Waals surface area contributed by atoms with Crippen LogP contribution >= 0.6 is 11.8 Å². The van der Waals surface area contributed by atoms with Gasteiger partial charge in [0.25, 0.3) is 0 Å². The van der Waals surface area contributed by atoms with E-state index in [9.17, 15) is 9.59 Å². The molecular formula is C19H23N3O3S. The molecule has 0 fully saturated rings. The highest BCUT2D eigenvalue weighted by molar-refractivity contribution is 7.99. The van der Waals surface area contributed by atoms with E-state index in [4.69, 9.17) is 4.74 Å². The largest absolute Gasteiger partial charge is 0.497 e. The van der Waals surface area contributed by atoms with E-state index in [0.717, 1.165) is 5.56 Å². The molecule has 138 valence electrons. The summed E-state index contributed by atoms with van der Waals surface area (Å²) < 4.78 is 5.13. The van der Waals surface area contributed by atoms with Gasteiger partial charge in [-0.3, -0.25) is 14.6 Å². The molecule has 0 aliphatic carbocycles. The zero-order valence-corrected chi connectivity index (χ0v) is 15.8. The Hall–Kier alpha value is -2.54. The van der Waals surface area contributed by atoms with Gasteiger partial charge in [0.2, 0.25) is 11.8 Å². The first kappa shape index (κ1) is 19.8. The van der Waals surface area contributed by atoms with Crippen LogP contribution in [-0.4, -0.2) is 47.7 Å². The van der Waals surface area contributed by atoms with Gasteiger partial charge in [-0.15, -0.1) is 11.8 Å². The number of ether oxygens (including phenoxy) is 1. The van der Waals surface area contributed by atoms with Crippen LogP contribution in [0.1, 0.15) is 12.5 Å². The van der Waals surface area contributed by atoms with Crippen molar-refractivity contribution in [2.75, 3.05) is 31.3 Å². The Bertz CT molecular complexity index is 725. The predicted molar refractivity (Wildman–Crippen MR) is 104 cm³/mol. The molecule has 1 N–H and O–H groups in total. The summed E-state index contributed by atoms with van der Waals surface area (Å²) in [6.07, 6.45) is 3.51. The van der Waals surface area contributed by atoms with E-state index in [1.54, 1.807) is 48.7 Å². The SMILES string of the molecule is CCN(CC(=O)Nc1cccc(OC)c1)C(=O)CSCc1cccnc1. The third-order valence-electron chi connectivity index (χ3n) is 3.64. The Morgan fingerprint density at radius 1 is 1.27 bits per heavy atom. The number of hydrogen-bond acceptors (Lipinski definition) is 5. The normalized spacial score (nSPS) is 10.2. The van der Waals surface area contributed by atoms with Gasteiger partial charge in [0.15, 0.2) is 0 Å². The summed E-state index contributed by atoms with van der Waals surface area (Å²) in [5, 5.41) is 2.79. The minimum absolute atomic E-state index is 0.0278. The molecule has 0 bridgehead atoms. The molecule has 1 heterocycles. The van der Waals surface area contributed by atoms with Crippen molar-refractivity contribution in [2.24, 2.45) is 0 Å². The monoisotopic (exact) mass is 373 g/mol. The van der Waals surface area contributed by atoms with Crippen LogP contribution in [0.5, 0.6) is 5.75 Å². The summed E-state index contributed by atoms with van der Waals surface area (Å²) in [6, 6.07) is 11.0. The maximum atomic E-state index is 12.3. The van der Waals surface area contributed by atoms with Crippen LogP contribution in [0.15, 0.2) is 48.8 Å². The number of carbonyl (C=O) groups is 2. The molecule has 0 unspecified atom stereocenters. The average Bonchev–Trinajstić information content (AvgIpc) is 2.67. The van der Waals surface area contributed by atoms with Gasteiger partial charge in [0.05, 0.1) is 19.4 Å². The minimum Gasteiger partial charge on any atom is -0.497 e. The molecule has 0 radical (unpaired) electrons. The predicted octanol–water partition coefficient (Wildman–Crippen LogP) is 2.81. The molecule has 26 heavy (non-hydrogen) atoms. The molecule has 2 rings (SSSR count). The topological polar surface area (TPSA) is 71.5 Å². The van der Waals surface area contributed by atoms with Crippen LogP contribution in [0.25, 0.3) is 0 Å². The van der Waals surface area contributed by atoms with Gasteiger partial charge in [-0.1, -0.05) is 12.1 Å². The molecule has 7 heteroatoms. The van der Waals surface area contributed by atoms with E-state index in [-0.39, 0.29) is 18.4 Å². The Morgan fingerprint density at radius 2 is 2.12 bits per heavy atom. The Balaban J connectivity index is 1.80. The van der Waals surface area contributed by atoms with Crippen molar-refractivity contribution in [1.29, 1.82) is 0 Å². The van der Waals surface area contributed by atoms with Gasteiger partial charge in [-0.25, -0.2) is 0 Å². The number of amides is 2. The van der Waals surface area contributed by atoms with Gasteiger partial charge in [-0.2, -0.15) is 0 Å². The molecule has 6 nitrogen and oxygen atoms in total. The van der Waals surface area contributed by atoms with Crippen LogP contribution in [-0.2, 0) is 15.3 Å². The lowest BCUT2D eigenvalue weighted by molar-refractivity contribution is -0.132. The fourth-order valence-corrected chi connectivity index (χ4v) is 3.15. The Kier molecular flexibility index (Phi) is 7.95. The van der Waals surface area contributed by atoms with Gasteiger partial charge in [-0.05, 0) is 30.7 Å². The van der Waals surface area contributed by atoms with Crippen molar-refractivity contribution in [3.05, 3.63) is 54.4 Å². The Morgan fingerprint density at radius 3 is 2.81 bits per heavy atom. The van der Waals surface area contributed by atoms with Gasteiger partial charge >= 0.3 is 0 Å². The summed E-state index contributed by atoms with van der Waals surface area (Å²) >= 11 is 1.51. The lowest BCUT2D eigenvalue weighted by Gasteiger charge is -2.20. The fraction of sp³-hybridized carbons (Fsp3) is 0.316. The number of pyridine rings is 1. The average molecular weight is 373 g/mol. The highest BCUT2D eigenvalue weighted by Gasteiger charge is 2.15. The summed E-state index contributed by atoms with van der Waals surface area (Å²) in [6.45, 7) is 2.38. The van der Waals surface area contributed by atoms with Crippen LogP contribution in [0.3, 0.4) is 0 Å². The third kappa shape index (κ3) is 6.40. The van der Waals surface area contributed by atoms with E-state index in [1.807, 2.05) is 19.1 Å². The van der Waals surface area contributed by atoms with Crippen LogP contribution in [0.4, 0.5) is 5.69 Å². The van der Waals surface area contributed by atoms with Crippen molar-refractivity contribution in [3.8, 4) is 5.75 Å². The number of methoxy groups -OCH3 is 1. The molecule has 0 aliphatic heterocycles. The van der Waals surface area contributed by atoms with Crippen molar-refractivity contribution in [3.63, 3.8) is 0 Å². The number of nitrogens with zero attached hydrogens (tertiary/aromatic N) is 2. The first-order chi connectivity index (χ1) is 12.6. The minimum atomic E-state index is -0.231. The number of rotatable bonds is 9. The second-order valence-electron chi connectivity index (χ2n) is 5.54. The van der Waals surface area contributed by atoms with Gasteiger partial charge < -0.3 is 15.0 Å². The fourth-order valence-electron chi connectivity index (χ4n) is 2.28. The zero-order valence-electron chi connectivity index (χ0n) is 15.0. The summed E-state index contributed by atoms with van der Waals surface area (Å²) in [5.41, 5.74) is 1.72. The van der Waals surface area contributed by atoms with Crippen LogP contribution in [0, 0.1) is 0 Å². The molecule has 0 aliphatic rings. The lowest BCUT2D eigenvalue weighted by atomic mass is 10.3. The van der Waals surface area contributed by atoms with Crippen LogP contribution in [0.2, 0.25) is 0 Å². The molecule has 0 atom stereocenters. The number of aromatic nitrogens is 1. The van der Waals surface area contributed by atoms with Crippen LogP contribution < -0.4 is 10.1 Å². The molecule has 0 saturated heterocycles. The zero-order chi connectivity index (χ0) is 18.8. The molecule has 0 spiro atoms. The smallest absolute Gasteiger partial charge is 0.243 e. The maximum Gasteiger partial charge on any atom is 0.243 e. The Labute approximate surface area is 157 Å². The number of carbonyl (C=O) groups excluding carboxylic acids is 2. The first-order valence-electron chi connectivity index (χ1n) is 8.30. The van der Waals surface area contributed by atoms with Crippen molar-refractivity contribution in [1.82, 2.24) is 9.88 Å². The molecule has 2 amide bonds. The summed E-state index contributed by atoms with van der Waals surface area (Å²) in [7, 11) is 1.57. The third-order valence-corrected chi connectivity index (χ3v) is 4.63. The molecular weight excluding hydrogens is 350 g/mol. The quantitative estimate of drug-likeness (QED) is 0.732. The summed E-state index contributed by atoms with van der Waals surface area (Å²) in [5.74, 6) is 1.42. The lowest BCUT2D eigenvalue weighted by Crippen LogP contribution is -2.38.